The van der Waals surface area contributed by atoms with Crippen LogP contribution in [0.3, 0.4) is 0 Å². The van der Waals surface area contributed by atoms with Crippen molar-refractivity contribution in [2.24, 2.45) is 0 Å². The summed E-state index contributed by atoms with van der Waals surface area (Å²) in [5.74, 6) is 0.367. The van der Waals surface area contributed by atoms with Gasteiger partial charge in [0.25, 0.3) is 0 Å². The molecule has 11 heteroatoms. The number of sulfone groups is 1. The molecule has 1 N–H and O–H groups in total. The minimum Gasteiger partial charge on any atom is -0.495 e. The molecule has 1 heterocycles. The van der Waals surface area contributed by atoms with Crippen molar-refractivity contribution in [1.82, 2.24) is 14.8 Å². The maximum absolute atomic E-state index is 12.9. The molecule has 0 aliphatic carbocycles. The molecule has 0 saturated heterocycles. The lowest BCUT2D eigenvalue weighted by Gasteiger charge is -2.15. The van der Waals surface area contributed by atoms with Gasteiger partial charge in [0.15, 0.2) is 15.0 Å². The highest BCUT2D eigenvalue weighted by molar-refractivity contribution is 8.00. The molecule has 0 saturated carbocycles. The van der Waals surface area contributed by atoms with Crippen LogP contribution in [0.25, 0.3) is 0 Å². The Morgan fingerprint density at radius 1 is 1.18 bits per heavy atom. The Kier molecular flexibility index (Phi) is 8.62. The topological polar surface area (TPSA) is 103 Å². The van der Waals surface area contributed by atoms with Gasteiger partial charge in [-0.05, 0) is 50.6 Å². The van der Waals surface area contributed by atoms with Crippen molar-refractivity contribution in [2.75, 3.05) is 12.4 Å². The van der Waals surface area contributed by atoms with E-state index in [0.717, 1.165) is 5.56 Å². The van der Waals surface area contributed by atoms with Gasteiger partial charge in [-0.2, -0.15) is 0 Å². The van der Waals surface area contributed by atoms with Crippen LogP contribution in [0.2, 0.25) is 5.02 Å². The van der Waals surface area contributed by atoms with Crippen LogP contribution in [-0.4, -0.2) is 41.4 Å². The zero-order valence-electron chi connectivity index (χ0n) is 19.4. The third-order valence-electron chi connectivity index (χ3n) is 5.14. The van der Waals surface area contributed by atoms with Crippen LogP contribution in [0.5, 0.6) is 5.75 Å². The number of benzene rings is 2. The monoisotopic (exact) mass is 522 g/mol. The quantitative estimate of drug-likeness (QED) is 0.383. The van der Waals surface area contributed by atoms with Crippen LogP contribution >= 0.6 is 23.4 Å². The number of aromatic nitrogens is 3. The fraction of sp³-hybridized carbons (Fsp3) is 0.348. The summed E-state index contributed by atoms with van der Waals surface area (Å²) in [5.41, 5.74) is 1.53. The highest BCUT2D eigenvalue weighted by Crippen LogP contribution is 2.30. The van der Waals surface area contributed by atoms with Gasteiger partial charge in [-0.15, -0.1) is 10.2 Å². The SMILES string of the molecule is CCC(Sc1nnc(CS(=O)(=O)c2ccc(C)cc2)n1CC)C(=O)Nc1ccc(OC)c(Cl)c1. The summed E-state index contributed by atoms with van der Waals surface area (Å²) in [7, 11) is -2.06. The van der Waals surface area contributed by atoms with Gasteiger partial charge in [0.2, 0.25) is 5.91 Å². The van der Waals surface area contributed by atoms with Crippen LogP contribution in [0.15, 0.2) is 52.5 Å². The Bertz CT molecular complexity index is 1260. The van der Waals surface area contributed by atoms with E-state index in [1.807, 2.05) is 20.8 Å². The number of anilines is 1. The molecule has 1 amide bonds. The summed E-state index contributed by atoms with van der Waals surface area (Å²) < 4.78 is 32.6. The summed E-state index contributed by atoms with van der Waals surface area (Å²) in [4.78, 5) is 13.1. The Balaban J connectivity index is 1.76. The van der Waals surface area contributed by atoms with Crippen molar-refractivity contribution in [1.29, 1.82) is 0 Å². The number of amides is 1. The molecule has 0 spiro atoms. The number of hydrogen-bond donors (Lipinski definition) is 1. The van der Waals surface area contributed by atoms with E-state index in [9.17, 15) is 13.2 Å². The van der Waals surface area contributed by atoms with Crippen LogP contribution in [0, 0.1) is 6.92 Å². The molecule has 2 aromatic carbocycles. The predicted molar refractivity (Wildman–Crippen MR) is 134 cm³/mol. The molecule has 0 bridgehead atoms. The van der Waals surface area contributed by atoms with Gasteiger partial charge in [0.05, 0.1) is 22.3 Å². The van der Waals surface area contributed by atoms with Crippen LogP contribution in [0.4, 0.5) is 5.69 Å². The van der Waals surface area contributed by atoms with Crippen LogP contribution in [-0.2, 0) is 26.9 Å². The number of carbonyl (C=O) groups excluding carboxylic acids is 1. The summed E-state index contributed by atoms with van der Waals surface area (Å²) in [6.07, 6.45) is 0.536. The lowest BCUT2D eigenvalue weighted by atomic mass is 10.2. The lowest BCUT2D eigenvalue weighted by Crippen LogP contribution is -2.25. The molecule has 0 radical (unpaired) electrons. The second kappa shape index (κ2) is 11.2. The minimum absolute atomic E-state index is 0.215. The molecule has 0 aliphatic rings. The second-order valence-corrected chi connectivity index (χ2v) is 11.1. The number of nitrogens with one attached hydrogen (secondary N) is 1. The Morgan fingerprint density at radius 3 is 2.47 bits per heavy atom. The fourth-order valence-electron chi connectivity index (χ4n) is 3.25. The van der Waals surface area contributed by atoms with Crippen LogP contribution in [0.1, 0.15) is 31.7 Å². The molecule has 0 aliphatic heterocycles. The number of rotatable bonds is 10. The summed E-state index contributed by atoms with van der Waals surface area (Å²) in [5, 5.41) is 11.6. The van der Waals surface area contributed by atoms with E-state index in [-0.39, 0.29) is 16.6 Å². The summed E-state index contributed by atoms with van der Waals surface area (Å²) >= 11 is 7.40. The molecule has 182 valence electrons. The zero-order valence-corrected chi connectivity index (χ0v) is 21.8. The second-order valence-electron chi connectivity index (χ2n) is 7.57. The molecule has 1 atom stereocenters. The van der Waals surface area contributed by atoms with Gasteiger partial charge < -0.3 is 14.6 Å². The highest BCUT2D eigenvalue weighted by atomic mass is 35.5. The fourth-order valence-corrected chi connectivity index (χ4v) is 5.81. The van der Waals surface area contributed by atoms with Crippen molar-refractivity contribution < 1.29 is 17.9 Å². The lowest BCUT2D eigenvalue weighted by molar-refractivity contribution is -0.115. The Labute approximate surface area is 209 Å². The number of ether oxygens (including phenoxy) is 1. The first kappa shape index (κ1) is 26.1. The molecule has 1 unspecified atom stereocenters. The number of halogens is 1. The van der Waals surface area contributed by atoms with Gasteiger partial charge in [-0.3, -0.25) is 4.79 Å². The van der Waals surface area contributed by atoms with E-state index >= 15 is 0 Å². The standard InChI is InChI=1S/C23H27ClN4O4S2/c1-5-20(22(29)25-16-9-12-19(32-4)18(24)13-16)33-23-27-26-21(28(23)6-2)14-34(30,31)17-10-7-15(3)8-11-17/h7-13,20H,5-6,14H2,1-4H3,(H,25,29). The van der Waals surface area contributed by atoms with Gasteiger partial charge in [-0.1, -0.05) is 48.0 Å². The smallest absolute Gasteiger partial charge is 0.237 e. The van der Waals surface area contributed by atoms with Crippen LogP contribution < -0.4 is 10.1 Å². The van der Waals surface area contributed by atoms with Crippen molar-refractivity contribution in [3.63, 3.8) is 0 Å². The van der Waals surface area contributed by atoms with E-state index in [1.54, 1.807) is 47.0 Å². The number of carbonyl (C=O) groups is 1. The van der Waals surface area contributed by atoms with Gasteiger partial charge in [0.1, 0.15) is 17.3 Å². The molecule has 34 heavy (non-hydrogen) atoms. The molecule has 3 aromatic rings. The van der Waals surface area contributed by atoms with Gasteiger partial charge >= 0.3 is 0 Å². The first-order chi connectivity index (χ1) is 16.2. The van der Waals surface area contributed by atoms with Crippen molar-refractivity contribution >= 4 is 44.8 Å². The normalized spacial score (nSPS) is 12.4. The minimum atomic E-state index is -3.58. The largest absolute Gasteiger partial charge is 0.495 e. The summed E-state index contributed by atoms with van der Waals surface area (Å²) in [6, 6.07) is 11.7. The zero-order chi connectivity index (χ0) is 24.9. The van der Waals surface area contributed by atoms with Gasteiger partial charge in [-0.25, -0.2) is 8.42 Å². The Morgan fingerprint density at radius 2 is 1.88 bits per heavy atom. The molecular formula is C23H27ClN4O4S2. The number of hydrogen-bond acceptors (Lipinski definition) is 7. The maximum atomic E-state index is 12.9. The van der Waals surface area contributed by atoms with E-state index in [0.29, 0.717) is 40.4 Å². The van der Waals surface area contributed by atoms with Crippen molar-refractivity contribution in [2.45, 2.75) is 54.8 Å². The van der Waals surface area contributed by atoms with E-state index in [2.05, 4.69) is 15.5 Å². The van der Waals surface area contributed by atoms with Crippen molar-refractivity contribution in [3.05, 3.63) is 58.9 Å². The average Bonchev–Trinajstić information content (AvgIpc) is 3.18. The number of thioether (sulfide) groups is 1. The van der Waals surface area contributed by atoms with E-state index < -0.39 is 15.1 Å². The number of nitrogens with zero attached hydrogens (tertiary/aromatic N) is 3. The Hall–Kier alpha value is -2.56. The van der Waals surface area contributed by atoms with E-state index in [4.69, 9.17) is 16.3 Å². The number of aryl methyl sites for hydroxylation is 1. The summed E-state index contributed by atoms with van der Waals surface area (Å²) in [6.45, 7) is 6.15. The molecule has 1 aromatic heterocycles. The van der Waals surface area contributed by atoms with E-state index in [1.165, 1.54) is 18.9 Å². The highest BCUT2D eigenvalue weighted by Gasteiger charge is 2.25. The first-order valence-corrected chi connectivity index (χ1v) is 13.6. The molecular weight excluding hydrogens is 496 g/mol. The first-order valence-electron chi connectivity index (χ1n) is 10.7. The number of methoxy groups -OCH3 is 1. The van der Waals surface area contributed by atoms with Gasteiger partial charge in [0, 0.05) is 12.2 Å². The molecule has 8 nitrogen and oxygen atoms in total. The van der Waals surface area contributed by atoms with Crippen molar-refractivity contribution in [3.8, 4) is 5.75 Å². The maximum Gasteiger partial charge on any atom is 0.237 e. The average molecular weight is 523 g/mol. The molecule has 3 rings (SSSR count). The third-order valence-corrected chi connectivity index (χ3v) is 8.41. The molecule has 0 fully saturated rings. The third kappa shape index (κ3) is 6.11. The predicted octanol–water partition coefficient (Wildman–Crippen LogP) is 4.75.